The lowest BCUT2D eigenvalue weighted by molar-refractivity contribution is -0.118. The molecule has 1 fully saturated rings. The van der Waals surface area contributed by atoms with E-state index in [1.165, 1.54) is 25.7 Å². The molecule has 2 heterocycles. The summed E-state index contributed by atoms with van der Waals surface area (Å²) < 4.78 is 10.8. The molecule has 7 nitrogen and oxygen atoms in total. The minimum atomic E-state index is -0.245. The average molecular weight is 433 g/mol. The van der Waals surface area contributed by atoms with Gasteiger partial charge in [-0.1, -0.05) is 37.1 Å². The first-order valence-electron chi connectivity index (χ1n) is 11.0. The van der Waals surface area contributed by atoms with Crippen molar-refractivity contribution in [3.63, 3.8) is 0 Å². The van der Waals surface area contributed by atoms with Crippen molar-refractivity contribution in [3.05, 3.63) is 60.7 Å². The lowest BCUT2D eigenvalue weighted by Crippen LogP contribution is -2.25. The summed E-state index contributed by atoms with van der Waals surface area (Å²) in [4.78, 5) is 14.6. The van der Waals surface area contributed by atoms with E-state index in [0.717, 1.165) is 30.2 Å². The van der Waals surface area contributed by atoms with Gasteiger partial charge in [-0.05, 0) is 49.2 Å². The fraction of sp³-hybridized carbons (Fsp3) is 0.320. The highest BCUT2D eigenvalue weighted by Gasteiger charge is 2.12. The third-order valence-corrected chi connectivity index (χ3v) is 5.47. The van der Waals surface area contributed by atoms with Crippen LogP contribution < -0.4 is 19.7 Å². The third-order valence-electron chi connectivity index (χ3n) is 5.47. The van der Waals surface area contributed by atoms with Gasteiger partial charge in [-0.3, -0.25) is 4.79 Å². The Hall–Kier alpha value is -3.61. The summed E-state index contributed by atoms with van der Waals surface area (Å²) >= 11 is 0. The summed E-state index contributed by atoms with van der Waals surface area (Å²) in [7, 11) is 1.57. The van der Waals surface area contributed by atoms with Crippen LogP contribution in [0.15, 0.2) is 60.7 Å². The summed E-state index contributed by atoms with van der Waals surface area (Å²) in [6.45, 7) is 1.98. The Balaban J connectivity index is 1.33. The van der Waals surface area contributed by atoms with Crippen molar-refractivity contribution in [2.75, 3.05) is 37.0 Å². The van der Waals surface area contributed by atoms with Gasteiger partial charge in [-0.25, -0.2) is 0 Å². The predicted octanol–water partition coefficient (Wildman–Crippen LogP) is 4.55. The van der Waals surface area contributed by atoms with E-state index >= 15 is 0 Å². The van der Waals surface area contributed by atoms with Crippen molar-refractivity contribution in [1.82, 2.24) is 10.2 Å². The van der Waals surface area contributed by atoms with Gasteiger partial charge in [0.15, 0.2) is 23.9 Å². The number of rotatable bonds is 7. The zero-order valence-electron chi connectivity index (χ0n) is 18.3. The number of nitrogens with zero attached hydrogens (tertiary/aromatic N) is 3. The van der Waals surface area contributed by atoms with Crippen LogP contribution in [0.5, 0.6) is 11.5 Å². The molecule has 0 bridgehead atoms. The summed E-state index contributed by atoms with van der Waals surface area (Å²) in [5, 5.41) is 11.7. The molecule has 1 saturated heterocycles. The third kappa shape index (κ3) is 5.55. The molecule has 1 amide bonds. The molecule has 0 saturated carbocycles. The number of amides is 1. The molecule has 3 aromatic rings. The van der Waals surface area contributed by atoms with Crippen LogP contribution in [0, 0.1) is 0 Å². The van der Waals surface area contributed by atoms with Gasteiger partial charge < -0.3 is 19.7 Å². The highest BCUT2D eigenvalue weighted by Crippen LogP contribution is 2.26. The number of hydrogen-bond acceptors (Lipinski definition) is 6. The van der Waals surface area contributed by atoms with Gasteiger partial charge in [0.2, 0.25) is 0 Å². The first-order chi connectivity index (χ1) is 15.7. The molecule has 1 aromatic heterocycles. The summed E-state index contributed by atoms with van der Waals surface area (Å²) in [5.41, 5.74) is 2.45. The van der Waals surface area contributed by atoms with E-state index in [1.54, 1.807) is 19.2 Å². The van der Waals surface area contributed by atoms with E-state index < -0.39 is 0 Å². The monoisotopic (exact) mass is 432 g/mol. The van der Waals surface area contributed by atoms with E-state index in [2.05, 4.69) is 20.4 Å². The molecule has 0 atom stereocenters. The van der Waals surface area contributed by atoms with E-state index in [0.29, 0.717) is 17.2 Å². The van der Waals surface area contributed by atoms with Gasteiger partial charge in [0.1, 0.15) is 0 Å². The number of carbonyl (C=O) groups is 1. The van der Waals surface area contributed by atoms with Crippen LogP contribution in [0.25, 0.3) is 11.3 Å². The van der Waals surface area contributed by atoms with Crippen molar-refractivity contribution in [2.45, 2.75) is 25.7 Å². The minimum absolute atomic E-state index is 0.106. The molecular formula is C25H28N4O3. The van der Waals surface area contributed by atoms with Gasteiger partial charge >= 0.3 is 0 Å². The van der Waals surface area contributed by atoms with Crippen LogP contribution in [0.4, 0.5) is 11.5 Å². The Morgan fingerprint density at radius 2 is 1.62 bits per heavy atom. The van der Waals surface area contributed by atoms with Gasteiger partial charge in [0.25, 0.3) is 5.91 Å². The Bertz CT molecular complexity index is 1010. The summed E-state index contributed by atoms with van der Waals surface area (Å²) in [6.07, 6.45) is 5.00. The maximum atomic E-state index is 12.2. The molecule has 0 spiro atoms. The number of nitrogens with one attached hydrogen (secondary N) is 1. The molecule has 166 valence electrons. The number of hydrogen-bond donors (Lipinski definition) is 1. The second-order valence-corrected chi connectivity index (χ2v) is 7.74. The summed E-state index contributed by atoms with van der Waals surface area (Å²) in [5.74, 6) is 1.81. The lowest BCUT2D eigenvalue weighted by Gasteiger charge is -2.20. The average Bonchev–Trinajstić information content (AvgIpc) is 3.13. The number of anilines is 2. The molecular weight excluding hydrogens is 404 g/mol. The zero-order valence-corrected chi connectivity index (χ0v) is 18.3. The molecule has 1 aliphatic rings. The maximum Gasteiger partial charge on any atom is 0.262 e. The smallest absolute Gasteiger partial charge is 0.262 e. The molecule has 7 heteroatoms. The fourth-order valence-electron chi connectivity index (χ4n) is 3.75. The molecule has 1 N–H and O–H groups in total. The van der Waals surface area contributed by atoms with Crippen molar-refractivity contribution in [1.29, 1.82) is 0 Å². The standard InChI is InChI=1S/C25H28N4O3/c1-31-22-8-4-5-9-23(22)32-18-25(30)26-20-12-10-19(11-13-20)21-14-15-24(28-27-21)29-16-6-2-3-7-17-29/h4-5,8-15H,2-3,6-7,16-18H2,1H3,(H,26,30). The van der Waals surface area contributed by atoms with Crippen LogP contribution in [0.2, 0.25) is 0 Å². The molecule has 4 rings (SSSR count). The maximum absolute atomic E-state index is 12.2. The largest absolute Gasteiger partial charge is 0.493 e. The van der Waals surface area contributed by atoms with Gasteiger partial charge in [0, 0.05) is 24.3 Å². The van der Waals surface area contributed by atoms with Crippen LogP contribution in [-0.4, -0.2) is 42.9 Å². The van der Waals surface area contributed by atoms with Crippen LogP contribution in [0.1, 0.15) is 25.7 Å². The van der Waals surface area contributed by atoms with Gasteiger partial charge in [-0.15, -0.1) is 10.2 Å². The number of carbonyl (C=O) groups excluding carboxylic acids is 1. The Morgan fingerprint density at radius 3 is 2.28 bits per heavy atom. The van der Waals surface area contributed by atoms with Crippen molar-refractivity contribution in [3.8, 4) is 22.8 Å². The van der Waals surface area contributed by atoms with Gasteiger partial charge in [0.05, 0.1) is 12.8 Å². The lowest BCUT2D eigenvalue weighted by atomic mass is 10.1. The van der Waals surface area contributed by atoms with E-state index in [9.17, 15) is 4.79 Å². The zero-order chi connectivity index (χ0) is 22.2. The van der Waals surface area contributed by atoms with Crippen molar-refractivity contribution in [2.24, 2.45) is 0 Å². The first kappa shape index (κ1) is 21.6. The highest BCUT2D eigenvalue weighted by atomic mass is 16.5. The van der Waals surface area contributed by atoms with Crippen LogP contribution in [-0.2, 0) is 4.79 Å². The van der Waals surface area contributed by atoms with E-state index in [-0.39, 0.29) is 12.5 Å². The normalized spacial score (nSPS) is 13.8. The fourth-order valence-corrected chi connectivity index (χ4v) is 3.75. The Kier molecular flexibility index (Phi) is 7.17. The topological polar surface area (TPSA) is 76.6 Å². The number of aromatic nitrogens is 2. The predicted molar refractivity (Wildman–Crippen MR) is 125 cm³/mol. The van der Waals surface area contributed by atoms with Crippen LogP contribution in [0.3, 0.4) is 0 Å². The quantitative estimate of drug-likeness (QED) is 0.590. The summed E-state index contributed by atoms with van der Waals surface area (Å²) in [6, 6.07) is 18.8. The highest BCUT2D eigenvalue weighted by molar-refractivity contribution is 5.92. The van der Waals surface area contributed by atoms with Gasteiger partial charge in [-0.2, -0.15) is 0 Å². The van der Waals surface area contributed by atoms with Crippen molar-refractivity contribution >= 4 is 17.4 Å². The second kappa shape index (κ2) is 10.6. The van der Waals surface area contributed by atoms with E-state index in [4.69, 9.17) is 9.47 Å². The molecule has 0 aliphatic carbocycles. The first-order valence-corrected chi connectivity index (χ1v) is 11.0. The van der Waals surface area contributed by atoms with Crippen molar-refractivity contribution < 1.29 is 14.3 Å². The molecule has 0 unspecified atom stereocenters. The number of methoxy groups -OCH3 is 1. The number of benzene rings is 2. The molecule has 1 aliphatic heterocycles. The SMILES string of the molecule is COc1ccccc1OCC(=O)Nc1ccc(-c2ccc(N3CCCCCC3)nn2)cc1. The second-order valence-electron chi connectivity index (χ2n) is 7.74. The Labute approximate surface area is 188 Å². The molecule has 0 radical (unpaired) electrons. The number of ether oxygens (including phenoxy) is 2. The molecule has 32 heavy (non-hydrogen) atoms. The van der Waals surface area contributed by atoms with E-state index in [1.807, 2.05) is 48.5 Å². The minimum Gasteiger partial charge on any atom is -0.493 e. The Morgan fingerprint density at radius 1 is 0.906 bits per heavy atom. The molecule has 2 aromatic carbocycles. The van der Waals surface area contributed by atoms with Crippen LogP contribution >= 0.6 is 0 Å². The number of para-hydroxylation sites is 2.